The highest BCUT2D eigenvalue weighted by Gasteiger charge is 2.18. The van der Waals surface area contributed by atoms with Gasteiger partial charge in [-0.2, -0.15) is 5.10 Å². The van der Waals surface area contributed by atoms with Gasteiger partial charge < -0.3 is 9.52 Å². The molecule has 0 aromatic carbocycles. The first-order valence-electron chi connectivity index (χ1n) is 4.16. The Labute approximate surface area is 93.5 Å². The van der Waals surface area contributed by atoms with Crippen LogP contribution < -0.4 is 5.56 Å². The van der Waals surface area contributed by atoms with Gasteiger partial charge in [0, 0.05) is 0 Å². The molecule has 16 heavy (non-hydrogen) atoms. The SMILES string of the molecule is O=C(O)c1c(-c2ccc(Cl)o2)cn[nH]c1=O. The average molecular weight is 241 g/mol. The van der Waals surface area contributed by atoms with Gasteiger partial charge in [-0.3, -0.25) is 4.79 Å². The van der Waals surface area contributed by atoms with Crippen LogP contribution in [0.4, 0.5) is 0 Å². The number of aromatic carboxylic acids is 1. The summed E-state index contributed by atoms with van der Waals surface area (Å²) in [5, 5.41) is 14.5. The van der Waals surface area contributed by atoms with Gasteiger partial charge >= 0.3 is 5.97 Å². The van der Waals surface area contributed by atoms with Crippen molar-refractivity contribution in [3.8, 4) is 11.3 Å². The number of aromatic nitrogens is 2. The molecular formula is C9H5ClN2O4. The van der Waals surface area contributed by atoms with Gasteiger partial charge in [-0.15, -0.1) is 0 Å². The molecule has 0 saturated carbocycles. The zero-order valence-corrected chi connectivity index (χ0v) is 8.49. The molecule has 2 aromatic rings. The van der Waals surface area contributed by atoms with Gasteiger partial charge in [0.05, 0.1) is 11.8 Å². The highest BCUT2D eigenvalue weighted by Crippen LogP contribution is 2.25. The van der Waals surface area contributed by atoms with E-state index in [1.165, 1.54) is 18.3 Å². The minimum atomic E-state index is -1.36. The van der Waals surface area contributed by atoms with E-state index in [9.17, 15) is 9.59 Å². The molecule has 0 bridgehead atoms. The Kier molecular flexibility index (Phi) is 2.49. The summed E-state index contributed by atoms with van der Waals surface area (Å²) in [7, 11) is 0. The molecule has 0 unspecified atom stereocenters. The first kappa shape index (κ1) is 10.4. The van der Waals surface area contributed by atoms with Gasteiger partial charge in [0.25, 0.3) is 5.56 Å². The van der Waals surface area contributed by atoms with Crippen molar-refractivity contribution in [2.45, 2.75) is 0 Å². The van der Waals surface area contributed by atoms with E-state index in [0.29, 0.717) is 0 Å². The fourth-order valence-corrected chi connectivity index (χ4v) is 1.40. The summed E-state index contributed by atoms with van der Waals surface area (Å²) in [6.07, 6.45) is 1.19. The second-order valence-electron chi connectivity index (χ2n) is 2.90. The predicted molar refractivity (Wildman–Crippen MR) is 54.5 cm³/mol. The molecule has 0 aliphatic heterocycles. The lowest BCUT2D eigenvalue weighted by atomic mass is 10.1. The van der Waals surface area contributed by atoms with E-state index in [4.69, 9.17) is 21.1 Å². The van der Waals surface area contributed by atoms with Crippen LogP contribution in [-0.2, 0) is 0 Å². The van der Waals surface area contributed by atoms with Crippen molar-refractivity contribution >= 4 is 17.6 Å². The topological polar surface area (TPSA) is 96.2 Å². The molecule has 7 heteroatoms. The smallest absolute Gasteiger partial charge is 0.342 e. The highest BCUT2D eigenvalue weighted by molar-refractivity contribution is 6.29. The second-order valence-corrected chi connectivity index (χ2v) is 3.27. The van der Waals surface area contributed by atoms with Gasteiger partial charge in [-0.1, -0.05) is 0 Å². The molecule has 0 radical (unpaired) electrons. The van der Waals surface area contributed by atoms with Crippen LogP contribution in [0.3, 0.4) is 0 Å². The van der Waals surface area contributed by atoms with E-state index >= 15 is 0 Å². The normalized spacial score (nSPS) is 10.3. The maximum atomic E-state index is 11.3. The zero-order valence-electron chi connectivity index (χ0n) is 7.73. The maximum Gasteiger partial charge on any atom is 0.342 e. The highest BCUT2D eigenvalue weighted by atomic mass is 35.5. The zero-order chi connectivity index (χ0) is 11.7. The number of nitrogens with one attached hydrogen (secondary N) is 1. The number of rotatable bonds is 2. The molecule has 0 atom stereocenters. The fraction of sp³-hybridized carbons (Fsp3) is 0. The summed E-state index contributed by atoms with van der Waals surface area (Å²) in [6.45, 7) is 0. The maximum absolute atomic E-state index is 11.3. The Morgan fingerprint density at radius 1 is 1.50 bits per heavy atom. The van der Waals surface area contributed by atoms with E-state index in [2.05, 4.69) is 5.10 Å². The number of H-pyrrole nitrogens is 1. The monoisotopic (exact) mass is 240 g/mol. The second kappa shape index (κ2) is 3.82. The summed E-state index contributed by atoms with van der Waals surface area (Å²) >= 11 is 5.56. The average Bonchev–Trinajstić information content (AvgIpc) is 2.63. The van der Waals surface area contributed by atoms with Crippen LogP contribution in [0, 0.1) is 0 Å². The van der Waals surface area contributed by atoms with Crippen molar-refractivity contribution < 1.29 is 14.3 Å². The van der Waals surface area contributed by atoms with E-state index in [0.717, 1.165) is 0 Å². The van der Waals surface area contributed by atoms with Gasteiger partial charge in [-0.05, 0) is 23.7 Å². The van der Waals surface area contributed by atoms with Crippen LogP contribution in [0.5, 0.6) is 0 Å². The Morgan fingerprint density at radius 2 is 2.25 bits per heavy atom. The summed E-state index contributed by atoms with van der Waals surface area (Å²) in [5.74, 6) is -1.17. The number of halogens is 1. The first-order valence-corrected chi connectivity index (χ1v) is 4.54. The number of carboxylic acid groups (broad SMARTS) is 1. The van der Waals surface area contributed by atoms with Crippen LogP contribution >= 0.6 is 11.6 Å². The number of carboxylic acids is 1. The third-order valence-electron chi connectivity index (χ3n) is 1.91. The first-order chi connectivity index (χ1) is 7.59. The Balaban J connectivity index is 2.70. The molecule has 6 nitrogen and oxygen atoms in total. The minimum Gasteiger partial charge on any atom is -0.477 e. The van der Waals surface area contributed by atoms with E-state index in [-0.39, 0.29) is 16.5 Å². The molecule has 82 valence electrons. The largest absolute Gasteiger partial charge is 0.477 e. The lowest BCUT2D eigenvalue weighted by Gasteiger charge is -1.99. The summed E-state index contributed by atoms with van der Waals surface area (Å²) in [4.78, 5) is 22.2. The van der Waals surface area contributed by atoms with Gasteiger partial charge in [-0.25, -0.2) is 9.89 Å². The molecule has 2 aromatic heterocycles. The number of aromatic amines is 1. The molecular weight excluding hydrogens is 236 g/mol. The molecule has 2 rings (SSSR count). The van der Waals surface area contributed by atoms with Crippen LogP contribution in [0.15, 0.2) is 27.5 Å². The number of nitrogens with zero attached hydrogens (tertiary/aromatic N) is 1. The Morgan fingerprint density at radius 3 is 2.81 bits per heavy atom. The molecule has 0 aliphatic carbocycles. The molecule has 2 heterocycles. The van der Waals surface area contributed by atoms with Crippen molar-refractivity contribution in [2.75, 3.05) is 0 Å². The third kappa shape index (κ3) is 1.70. The lowest BCUT2D eigenvalue weighted by molar-refractivity contribution is 0.0695. The summed E-state index contributed by atoms with van der Waals surface area (Å²) in [5.41, 5.74) is -1.14. The van der Waals surface area contributed by atoms with Gasteiger partial charge in [0.1, 0.15) is 11.3 Å². The molecule has 0 fully saturated rings. The number of furan rings is 1. The Hall–Kier alpha value is -2.08. The number of carbonyl (C=O) groups is 1. The summed E-state index contributed by atoms with van der Waals surface area (Å²) in [6, 6.07) is 2.91. The van der Waals surface area contributed by atoms with E-state index in [1.54, 1.807) is 0 Å². The summed E-state index contributed by atoms with van der Waals surface area (Å²) < 4.78 is 5.02. The van der Waals surface area contributed by atoms with Crippen molar-refractivity contribution in [1.29, 1.82) is 0 Å². The van der Waals surface area contributed by atoms with Crippen LogP contribution in [0.1, 0.15) is 10.4 Å². The molecule has 0 saturated heterocycles. The van der Waals surface area contributed by atoms with Gasteiger partial charge in [0.2, 0.25) is 0 Å². The number of hydrogen-bond acceptors (Lipinski definition) is 4. The quantitative estimate of drug-likeness (QED) is 0.827. The van der Waals surface area contributed by atoms with Crippen LogP contribution in [0.2, 0.25) is 5.22 Å². The van der Waals surface area contributed by atoms with Gasteiger partial charge in [0.15, 0.2) is 5.22 Å². The van der Waals surface area contributed by atoms with Crippen LogP contribution in [0.25, 0.3) is 11.3 Å². The minimum absolute atomic E-state index is 0.0863. The van der Waals surface area contributed by atoms with E-state index < -0.39 is 17.1 Å². The number of hydrogen-bond donors (Lipinski definition) is 2. The van der Waals surface area contributed by atoms with Crippen LogP contribution in [-0.4, -0.2) is 21.3 Å². The molecule has 0 spiro atoms. The molecule has 0 amide bonds. The predicted octanol–water partition coefficient (Wildman–Crippen LogP) is 1.38. The lowest BCUT2D eigenvalue weighted by Crippen LogP contribution is -2.19. The van der Waals surface area contributed by atoms with E-state index in [1.807, 2.05) is 5.10 Å². The van der Waals surface area contributed by atoms with Crippen molar-refractivity contribution in [1.82, 2.24) is 10.2 Å². The molecule has 2 N–H and O–H groups in total. The Bertz CT molecular complexity index is 602. The van der Waals surface area contributed by atoms with Crippen molar-refractivity contribution in [2.24, 2.45) is 0 Å². The van der Waals surface area contributed by atoms with Crippen molar-refractivity contribution in [3.63, 3.8) is 0 Å². The fourth-order valence-electron chi connectivity index (χ4n) is 1.26. The van der Waals surface area contributed by atoms with Crippen molar-refractivity contribution in [3.05, 3.63) is 39.5 Å². The third-order valence-corrected chi connectivity index (χ3v) is 2.11. The standard InChI is InChI=1S/C9H5ClN2O4/c10-6-2-1-5(16-6)4-3-11-12-8(13)7(4)9(14)15/h1-3H,(H,12,13)(H,14,15). The molecule has 0 aliphatic rings.